The molecule has 0 radical (unpaired) electrons. The van der Waals surface area contributed by atoms with Gasteiger partial charge < -0.3 is 5.32 Å². The Bertz CT molecular complexity index is 895. The quantitative estimate of drug-likeness (QED) is 0.813. The molecule has 4 rings (SSSR count). The summed E-state index contributed by atoms with van der Waals surface area (Å²) in [6.07, 6.45) is 3.63. The van der Waals surface area contributed by atoms with Gasteiger partial charge >= 0.3 is 6.03 Å². The number of imide groups is 1. The van der Waals surface area contributed by atoms with Gasteiger partial charge in [0.15, 0.2) is 0 Å². The molecule has 0 bridgehead atoms. The van der Waals surface area contributed by atoms with Crippen LogP contribution in [0.5, 0.6) is 0 Å². The average molecular weight is 375 g/mol. The lowest BCUT2D eigenvalue weighted by molar-refractivity contribution is -0.133. The minimum Gasteiger partial charge on any atom is -0.319 e. The predicted molar refractivity (Wildman–Crippen MR) is 109 cm³/mol. The summed E-state index contributed by atoms with van der Waals surface area (Å²) in [5.74, 6) is -0.163. The van der Waals surface area contributed by atoms with Crippen molar-refractivity contribution in [1.29, 1.82) is 0 Å². The monoisotopic (exact) mass is 375 g/mol. The van der Waals surface area contributed by atoms with Crippen LogP contribution in [0.2, 0.25) is 0 Å². The van der Waals surface area contributed by atoms with Crippen molar-refractivity contribution in [3.8, 4) is 0 Å². The Kier molecular flexibility index (Phi) is 5.01. The fourth-order valence-corrected chi connectivity index (χ4v) is 4.07. The van der Waals surface area contributed by atoms with Crippen molar-refractivity contribution in [2.45, 2.75) is 25.3 Å². The second kappa shape index (κ2) is 7.60. The van der Waals surface area contributed by atoms with E-state index in [0.29, 0.717) is 13.1 Å². The number of amides is 3. The number of urea groups is 1. The third kappa shape index (κ3) is 3.22. The van der Waals surface area contributed by atoms with E-state index < -0.39 is 5.54 Å². The molecule has 1 fully saturated rings. The average Bonchev–Trinajstić information content (AvgIpc) is 3.00. The molecule has 0 aromatic heterocycles. The van der Waals surface area contributed by atoms with Crippen molar-refractivity contribution in [3.05, 3.63) is 77.9 Å². The SMILES string of the molecule is CCC1(c2ccccc2)NC(=O)N(CN2CC=C(c3ccccc3)CC2)C1=O. The van der Waals surface area contributed by atoms with Crippen LogP contribution in [0.4, 0.5) is 4.79 Å². The molecular weight excluding hydrogens is 350 g/mol. The molecular formula is C23H25N3O2. The van der Waals surface area contributed by atoms with Crippen LogP contribution in [0.25, 0.3) is 5.57 Å². The van der Waals surface area contributed by atoms with E-state index in [2.05, 4.69) is 28.4 Å². The molecule has 28 heavy (non-hydrogen) atoms. The van der Waals surface area contributed by atoms with Crippen LogP contribution < -0.4 is 5.32 Å². The largest absolute Gasteiger partial charge is 0.326 e. The van der Waals surface area contributed by atoms with E-state index in [0.717, 1.165) is 25.1 Å². The molecule has 2 aromatic rings. The van der Waals surface area contributed by atoms with Gasteiger partial charge in [-0.25, -0.2) is 9.69 Å². The minimum atomic E-state index is -0.959. The summed E-state index contributed by atoms with van der Waals surface area (Å²) in [7, 11) is 0. The van der Waals surface area contributed by atoms with Gasteiger partial charge in [0.1, 0.15) is 5.54 Å². The molecule has 0 spiro atoms. The van der Waals surface area contributed by atoms with E-state index in [1.807, 2.05) is 55.5 Å². The van der Waals surface area contributed by atoms with Crippen molar-refractivity contribution in [2.24, 2.45) is 0 Å². The first-order valence-corrected chi connectivity index (χ1v) is 9.80. The Balaban J connectivity index is 1.48. The van der Waals surface area contributed by atoms with E-state index in [4.69, 9.17) is 0 Å². The lowest BCUT2D eigenvalue weighted by atomic mass is 9.87. The van der Waals surface area contributed by atoms with Crippen LogP contribution in [0.1, 0.15) is 30.9 Å². The second-order valence-electron chi connectivity index (χ2n) is 7.35. The smallest absolute Gasteiger partial charge is 0.319 e. The van der Waals surface area contributed by atoms with Gasteiger partial charge in [-0.05, 0) is 29.5 Å². The van der Waals surface area contributed by atoms with Crippen molar-refractivity contribution >= 4 is 17.5 Å². The van der Waals surface area contributed by atoms with Gasteiger partial charge in [0.2, 0.25) is 0 Å². The molecule has 1 unspecified atom stereocenters. The van der Waals surface area contributed by atoms with Crippen LogP contribution in [-0.4, -0.2) is 41.5 Å². The van der Waals surface area contributed by atoms with Crippen molar-refractivity contribution in [1.82, 2.24) is 15.1 Å². The van der Waals surface area contributed by atoms with Gasteiger partial charge in [0.25, 0.3) is 5.91 Å². The highest BCUT2D eigenvalue weighted by atomic mass is 16.2. The maximum absolute atomic E-state index is 13.2. The number of hydrogen-bond acceptors (Lipinski definition) is 3. The Morgan fingerprint density at radius 2 is 1.68 bits per heavy atom. The normalized spacial score (nSPS) is 22.9. The second-order valence-corrected chi connectivity index (χ2v) is 7.35. The molecule has 5 heteroatoms. The minimum absolute atomic E-state index is 0.163. The summed E-state index contributed by atoms with van der Waals surface area (Å²) in [6.45, 7) is 3.80. The van der Waals surface area contributed by atoms with Crippen molar-refractivity contribution < 1.29 is 9.59 Å². The van der Waals surface area contributed by atoms with Gasteiger partial charge in [-0.1, -0.05) is 73.7 Å². The van der Waals surface area contributed by atoms with Crippen LogP contribution in [0.15, 0.2) is 66.7 Å². The highest BCUT2D eigenvalue weighted by molar-refractivity contribution is 6.07. The Hall–Kier alpha value is -2.92. The molecule has 3 amide bonds. The Labute approximate surface area is 165 Å². The van der Waals surface area contributed by atoms with Gasteiger partial charge in [-0.2, -0.15) is 0 Å². The van der Waals surface area contributed by atoms with E-state index in [1.165, 1.54) is 16.0 Å². The van der Waals surface area contributed by atoms with Gasteiger partial charge in [-0.15, -0.1) is 0 Å². The van der Waals surface area contributed by atoms with Gasteiger partial charge in [0.05, 0.1) is 6.67 Å². The molecule has 0 aliphatic carbocycles. The van der Waals surface area contributed by atoms with Crippen LogP contribution in [0.3, 0.4) is 0 Å². The van der Waals surface area contributed by atoms with E-state index in [-0.39, 0.29) is 11.9 Å². The number of hydrogen-bond donors (Lipinski definition) is 1. The van der Waals surface area contributed by atoms with Crippen molar-refractivity contribution in [3.63, 3.8) is 0 Å². The molecule has 2 aromatic carbocycles. The lowest BCUT2D eigenvalue weighted by Crippen LogP contribution is -2.45. The number of benzene rings is 2. The van der Waals surface area contributed by atoms with E-state index in [1.54, 1.807) is 0 Å². The Morgan fingerprint density at radius 3 is 2.29 bits per heavy atom. The molecule has 1 atom stereocenters. The predicted octanol–water partition coefficient (Wildman–Crippen LogP) is 3.59. The maximum atomic E-state index is 13.2. The summed E-state index contributed by atoms with van der Waals surface area (Å²) >= 11 is 0. The summed E-state index contributed by atoms with van der Waals surface area (Å²) in [4.78, 5) is 29.4. The van der Waals surface area contributed by atoms with Crippen molar-refractivity contribution in [2.75, 3.05) is 19.8 Å². The molecule has 0 saturated carbocycles. The highest BCUT2D eigenvalue weighted by Crippen LogP contribution is 2.32. The molecule has 1 N–H and O–H groups in total. The number of rotatable bonds is 5. The zero-order valence-corrected chi connectivity index (χ0v) is 16.1. The zero-order chi connectivity index (χ0) is 19.6. The first-order chi connectivity index (χ1) is 13.6. The number of nitrogens with one attached hydrogen (secondary N) is 1. The summed E-state index contributed by atoms with van der Waals surface area (Å²) in [5.41, 5.74) is 2.44. The maximum Gasteiger partial charge on any atom is 0.326 e. The standard InChI is InChI=1S/C23H25N3O2/c1-2-23(20-11-7-4-8-12-20)21(27)26(22(28)24-23)17-25-15-13-19(14-16-25)18-9-5-3-6-10-18/h3-13H,2,14-17H2,1H3,(H,24,28). The van der Waals surface area contributed by atoms with Gasteiger partial charge in [0, 0.05) is 13.1 Å². The number of nitrogens with zero attached hydrogens (tertiary/aromatic N) is 2. The Morgan fingerprint density at radius 1 is 1.00 bits per heavy atom. The molecule has 2 aliphatic heterocycles. The first kappa shape index (κ1) is 18.4. The zero-order valence-electron chi connectivity index (χ0n) is 16.1. The van der Waals surface area contributed by atoms with Gasteiger partial charge in [-0.3, -0.25) is 9.69 Å². The molecule has 5 nitrogen and oxygen atoms in total. The molecule has 144 valence electrons. The van der Waals surface area contributed by atoms with Crippen LogP contribution in [-0.2, 0) is 10.3 Å². The molecule has 1 saturated heterocycles. The summed E-state index contributed by atoms with van der Waals surface area (Å²) < 4.78 is 0. The third-order valence-corrected chi connectivity index (χ3v) is 5.75. The first-order valence-electron chi connectivity index (χ1n) is 9.80. The van der Waals surface area contributed by atoms with Crippen LogP contribution in [0, 0.1) is 0 Å². The van der Waals surface area contributed by atoms with E-state index in [9.17, 15) is 9.59 Å². The number of carbonyl (C=O) groups excluding carboxylic acids is 2. The third-order valence-electron chi connectivity index (χ3n) is 5.75. The van der Waals surface area contributed by atoms with E-state index >= 15 is 0 Å². The lowest BCUT2D eigenvalue weighted by Gasteiger charge is -2.30. The highest BCUT2D eigenvalue weighted by Gasteiger charge is 2.51. The molecule has 2 heterocycles. The van der Waals surface area contributed by atoms with Crippen LogP contribution >= 0.6 is 0 Å². The fourth-order valence-electron chi connectivity index (χ4n) is 4.07. The number of carbonyl (C=O) groups is 2. The summed E-state index contributed by atoms with van der Waals surface area (Å²) in [6, 6.07) is 19.6. The fraction of sp³-hybridized carbons (Fsp3) is 0.304. The topological polar surface area (TPSA) is 52.7 Å². The summed E-state index contributed by atoms with van der Waals surface area (Å²) in [5, 5.41) is 2.95. The molecule has 2 aliphatic rings.